The topological polar surface area (TPSA) is 115 Å². The van der Waals surface area contributed by atoms with Crippen molar-refractivity contribution in [2.24, 2.45) is 0 Å². The van der Waals surface area contributed by atoms with E-state index in [0.717, 1.165) is 0 Å². The molecule has 0 saturated carbocycles. The minimum absolute atomic E-state index is 0. The van der Waals surface area contributed by atoms with Crippen molar-refractivity contribution in [1.82, 2.24) is 0 Å². The molecule has 0 bridgehead atoms. The Morgan fingerprint density at radius 1 is 0.800 bits per heavy atom. The Kier molecular flexibility index (Phi) is 41.0. The maximum Gasteiger partial charge on any atom is 0 e. The van der Waals surface area contributed by atoms with Gasteiger partial charge in [-0.25, -0.2) is 0 Å². The molecule has 0 heterocycles. The van der Waals surface area contributed by atoms with Crippen molar-refractivity contribution in [3.63, 3.8) is 0 Å². The largest absolute Gasteiger partial charge is 0 e. The fourth-order valence-electron chi connectivity index (χ4n) is 0. The molecule has 4 N–H and O–H groups in total. The Morgan fingerprint density at radius 3 is 0.800 bits per heavy atom. The van der Waals surface area contributed by atoms with Crippen molar-refractivity contribution < 1.29 is 85.3 Å². The van der Waals surface area contributed by atoms with Gasteiger partial charge in [-0.15, -0.1) is 0 Å². The van der Waals surface area contributed by atoms with Crippen molar-refractivity contribution in [1.29, 1.82) is 0 Å². The first-order valence-corrected chi connectivity index (χ1v) is 7.71. The van der Waals surface area contributed by atoms with Gasteiger partial charge in [-0.05, 0) is 0 Å². The maximum atomic E-state index is 8.84. The Hall–Kier alpha value is 2.84. The van der Waals surface area contributed by atoms with Crippen LogP contribution in [0.1, 0.15) is 0 Å². The Balaban J connectivity index is -0.0000000300. The van der Waals surface area contributed by atoms with Crippen molar-refractivity contribution >= 4 is 27.3 Å². The second kappa shape index (κ2) is 17.8. The zero-order chi connectivity index (χ0) is 7.15. The quantitative estimate of drug-likeness (QED) is 0.239. The van der Waals surface area contributed by atoms with E-state index in [4.69, 9.17) is 18.4 Å². The second-order valence-corrected chi connectivity index (χ2v) is 3.34. The number of rotatable bonds is 0. The summed E-state index contributed by atoms with van der Waals surface area (Å²) in [5.74, 6) is 0. The van der Waals surface area contributed by atoms with Crippen LogP contribution in [0.25, 0.3) is 0 Å². The molecule has 0 unspecified atom stereocenters. The molecule has 0 saturated heterocycles. The van der Waals surface area contributed by atoms with E-state index in [2.05, 4.69) is 0 Å². The van der Waals surface area contributed by atoms with Gasteiger partial charge in [0.25, 0.3) is 0 Å². The summed E-state index contributed by atoms with van der Waals surface area (Å²) < 4.78 is 46.7. The summed E-state index contributed by atoms with van der Waals surface area (Å²) in [6.07, 6.45) is 0. The summed E-state index contributed by atoms with van der Waals surface area (Å²) in [4.78, 5) is 0. The maximum absolute atomic E-state index is 8.84. The third kappa shape index (κ3) is 130. The summed E-state index contributed by atoms with van der Waals surface area (Å²) in [6, 6.07) is 0. The van der Waals surface area contributed by atoms with Crippen LogP contribution in [0, 0.1) is 0 Å². The summed E-state index contributed by atoms with van der Waals surface area (Å²) in [5, 5.41) is 0. The van der Waals surface area contributed by atoms with Crippen LogP contribution in [0.5, 0.6) is 0 Å². The molecule has 0 aromatic heterocycles. The fraction of sp³-hybridized carbons (Fsp3) is 0. The number of hydrogen-bond acceptors (Lipinski definition) is 2. The van der Waals surface area contributed by atoms with E-state index in [-0.39, 0.29) is 49.0 Å². The molecule has 10 heteroatoms. The predicted octanol–water partition coefficient (Wildman–Crippen LogP) is -3.39. The van der Waals surface area contributed by atoms with Gasteiger partial charge in [0.2, 0.25) is 0 Å². The molecule has 0 aromatic carbocycles. The molecule has 10 heavy (non-hydrogen) atoms. The minimum Gasteiger partial charge on any atom is 0 e. The van der Waals surface area contributed by atoms with E-state index in [1.54, 1.807) is 0 Å². The van der Waals surface area contributed by atoms with Gasteiger partial charge in [-0.3, -0.25) is 0 Å². The van der Waals surface area contributed by atoms with Gasteiger partial charge in [-0.1, -0.05) is 0 Å². The third-order valence-corrected chi connectivity index (χ3v) is 0. The molecule has 0 aliphatic rings. The van der Waals surface area contributed by atoms with Crippen LogP contribution >= 0.6 is 0 Å². The van der Waals surface area contributed by atoms with Gasteiger partial charge in [0.15, 0.2) is 0 Å². The van der Waals surface area contributed by atoms with Crippen molar-refractivity contribution in [2.45, 2.75) is 0 Å². The second-order valence-electron chi connectivity index (χ2n) is 0.565. The molecule has 0 fully saturated rings. The zero-order valence-electron chi connectivity index (χ0n) is 4.81. The van der Waals surface area contributed by atoms with Gasteiger partial charge in [0.05, 0.1) is 0 Å². The van der Waals surface area contributed by atoms with Gasteiger partial charge < -0.3 is 0 Å². The molecule has 0 aromatic rings. The van der Waals surface area contributed by atoms with Gasteiger partial charge in [0, 0.05) is 21.7 Å². The zero-order valence-corrected chi connectivity index (χ0v) is 16.8. The molecular weight excluding hydrogens is 534 g/mol. The van der Waals surface area contributed by atoms with Crippen LogP contribution in [-0.4, -0.2) is 40.0 Å². The van der Waals surface area contributed by atoms with E-state index < -0.39 is 45.3 Å². The van der Waals surface area contributed by atoms with Crippen LogP contribution in [0.2, 0.25) is 0 Å². The molecule has 2 radical (unpaired) electrons. The first kappa shape index (κ1) is 23.0. The third-order valence-electron chi connectivity index (χ3n) is 0. The van der Waals surface area contributed by atoms with Gasteiger partial charge in [0.1, 0.15) is 0 Å². The standard InChI is InChI=1S/4H2O.2O.Pb.Ti.2Zr.2H/h4*1H2;;;;;;;;/q;;;;;;;;2*+2;;/p-4. The summed E-state index contributed by atoms with van der Waals surface area (Å²) in [5.41, 5.74) is 0. The molecule has 0 amide bonds. The fourth-order valence-corrected chi connectivity index (χ4v) is 0. The van der Waals surface area contributed by atoms with E-state index in [1.807, 2.05) is 0 Å². The smallest absolute Gasteiger partial charge is 0 e. The predicted molar refractivity (Wildman–Crippen MR) is 18.8 cm³/mol. The SMILES string of the molecule is [O]=[Zr]([OH])[OH].[O]=[Zr]([OH])[OH].[PbH2].[Ti]. The average Bonchev–Trinajstić information content (AvgIpc) is 1.25. The van der Waals surface area contributed by atoms with Crippen molar-refractivity contribution in [2.75, 3.05) is 0 Å². The van der Waals surface area contributed by atoms with Crippen LogP contribution in [0.4, 0.5) is 0 Å². The van der Waals surface area contributed by atoms with E-state index in [0.29, 0.717) is 0 Å². The summed E-state index contributed by atoms with van der Waals surface area (Å²) in [6.45, 7) is 0. The van der Waals surface area contributed by atoms with Crippen LogP contribution in [-0.2, 0) is 72.6 Å². The van der Waals surface area contributed by atoms with E-state index in [9.17, 15) is 0 Å². The molecule has 58 valence electrons. The van der Waals surface area contributed by atoms with Crippen LogP contribution < -0.4 is 0 Å². The molecule has 0 atom stereocenters. The molecular formula is H6O6PbTiZr2. The van der Waals surface area contributed by atoms with E-state index in [1.165, 1.54) is 0 Å². The Morgan fingerprint density at radius 2 is 0.800 bits per heavy atom. The van der Waals surface area contributed by atoms with Gasteiger partial charge >= 0.3 is 90.9 Å². The first-order chi connectivity index (χ1) is 3.46. The van der Waals surface area contributed by atoms with Gasteiger partial charge in [-0.2, -0.15) is 0 Å². The monoisotopic (exact) mass is 538 g/mol. The van der Waals surface area contributed by atoms with Crippen LogP contribution in [0.3, 0.4) is 0 Å². The molecule has 6 nitrogen and oxygen atoms in total. The molecule has 0 aliphatic heterocycles. The summed E-state index contributed by atoms with van der Waals surface area (Å²) >= 11 is -7.59. The minimum atomic E-state index is -3.79. The number of hydrogen-bond donors (Lipinski definition) is 4. The van der Waals surface area contributed by atoms with Crippen LogP contribution in [0.15, 0.2) is 0 Å². The molecule has 0 aliphatic carbocycles. The normalized spacial score (nSPS) is 5.20. The average molecular weight is 540 g/mol. The van der Waals surface area contributed by atoms with E-state index >= 15 is 0 Å². The Bertz CT molecular complexity index is 73.7. The molecule has 0 rings (SSSR count). The summed E-state index contributed by atoms with van der Waals surface area (Å²) in [7, 11) is 0. The Labute approximate surface area is 110 Å². The first-order valence-electron chi connectivity index (χ1n) is 1.30. The van der Waals surface area contributed by atoms with Crippen molar-refractivity contribution in [3.05, 3.63) is 0 Å². The van der Waals surface area contributed by atoms with Crippen molar-refractivity contribution in [3.8, 4) is 0 Å². The molecule has 0 spiro atoms.